The van der Waals surface area contributed by atoms with Crippen molar-refractivity contribution < 1.29 is 19.0 Å². The monoisotopic (exact) mass is 212 g/mol. The number of benzene rings is 1. The summed E-state index contributed by atoms with van der Waals surface area (Å²) in [4.78, 5) is 10.4. The van der Waals surface area contributed by atoms with Crippen LogP contribution >= 0.6 is 0 Å². The van der Waals surface area contributed by atoms with Crippen LogP contribution in [0.15, 0.2) is 18.2 Å². The molecule has 0 saturated heterocycles. The maximum atomic E-state index is 12.4. The average molecular weight is 212 g/mol. The lowest BCUT2D eigenvalue weighted by Gasteiger charge is -2.08. The molecule has 4 heteroatoms. The van der Waals surface area contributed by atoms with Crippen LogP contribution in [-0.4, -0.2) is 18.2 Å². The second-order valence-electron chi connectivity index (χ2n) is 3.17. The predicted octanol–water partition coefficient (Wildman–Crippen LogP) is 2.18. The normalized spacial score (nSPS) is 10.0. The van der Waals surface area contributed by atoms with Gasteiger partial charge >= 0.3 is 5.97 Å². The van der Waals surface area contributed by atoms with Crippen molar-refractivity contribution in [1.29, 1.82) is 0 Å². The lowest BCUT2D eigenvalue weighted by atomic mass is 10.1. The van der Waals surface area contributed by atoms with E-state index in [2.05, 4.69) is 0 Å². The number of halogens is 1. The molecule has 0 saturated carbocycles. The van der Waals surface area contributed by atoms with Gasteiger partial charge in [-0.2, -0.15) is 0 Å². The van der Waals surface area contributed by atoms with Gasteiger partial charge in [0, 0.05) is 6.42 Å². The number of carboxylic acid groups (broad SMARTS) is 1. The number of hydrogen-bond donors (Lipinski definition) is 1. The standard InChI is InChI=1S/C11H13FO3/c1-15-10-4-2-8(7-12)6-9(10)3-5-11(13)14/h2,4,6H,3,5,7H2,1H3,(H,13,14). The van der Waals surface area contributed by atoms with Crippen molar-refractivity contribution >= 4 is 5.97 Å². The van der Waals surface area contributed by atoms with Gasteiger partial charge in [-0.1, -0.05) is 6.07 Å². The van der Waals surface area contributed by atoms with Gasteiger partial charge in [0.05, 0.1) is 7.11 Å². The van der Waals surface area contributed by atoms with Crippen LogP contribution in [0.1, 0.15) is 17.5 Å². The molecule has 15 heavy (non-hydrogen) atoms. The molecule has 0 atom stereocenters. The van der Waals surface area contributed by atoms with Gasteiger partial charge in [0.15, 0.2) is 0 Å². The van der Waals surface area contributed by atoms with Gasteiger partial charge in [-0.15, -0.1) is 0 Å². The molecule has 0 radical (unpaired) electrons. The molecule has 0 aliphatic carbocycles. The molecule has 1 aromatic rings. The Morgan fingerprint density at radius 1 is 1.53 bits per heavy atom. The van der Waals surface area contributed by atoms with E-state index in [1.807, 2.05) is 0 Å². The Morgan fingerprint density at radius 2 is 2.27 bits per heavy atom. The maximum Gasteiger partial charge on any atom is 0.303 e. The third-order valence-electron chi connectivity index (χ3n) is 2.11. The van der Waals surface area contributed by atoms with E-state index in [0.717, 1.165) is 5.56 Å². The number of hydrogen-bond acceptors (Lipinski definition) is 2. The Kier molecular flexibility index (Phi) is 4.09. The Hall–Kier alpha value is -1.58. The van der Waals surface area contributed by atoms with E-state index in [9.17, 15) is 9.18 Å². The van der Waals surface area contributed by atoms with Crippen LogP contribution in [0.4, 0.5) is 4.39 Å². The van der Waals surface area contributed by atoms with Gasteiger partial charge in [0.1, 0.15) is 12.4 Å². The van der Waals surface area contributed by atoms with Crippen LogP contribution in [0, 0.1) is 0 Å². The Labute approximate surface area is 87.5 Å². The van der Waals surface area contributed by atoms with Crippen molar-refractivity contribution in [3.8, 4) is 5.75 Å². The molecule has 0 unspecified atom stereocenters. The summed E-state index contributed by atoms with van der Waals surface area (Å²) < 4.78 is 17.4. The first kappa shape index (κ1) is 11.5. The number of aryl methyl sites for hydroxylation is 1. The SMILES string of the molecule is COc1ccc(CF)cc1CCC(=O)O. The van der Waals surface area contributed by atoms with Crippen LogP contribution < -0.4 is 4.74 Å². The molecule has 0 amide bonds. The average Bonchev–Trinajstić information content (AvgIpc) is 2.25. The summed E-state index contributed by atoms with van der Waals surface area (Å²) in [6, 6.07) is 4.93. The number of rotatable bonds is 5. The molecule has 0 aromatic heterocycles. The van der Waals surface area contributed by atoms with Crippen LogP contribution in [0.3, 0.4) is 0 Å². The zero-order chi connectivity index (χ0) is 11.3. The molecule has 1 rings (SSSR count). The van der Waals surface area contributed by atoms with Crippen LogP contribution in [0.5, 0.6) is 5.75 Å². The van der Waals surface area contributed by atoms with E-state index >= 15 is 0 Å². The smallest absolute Gasteiger partial charge is 0.303 e. The summed E-state index contributed by atoms with van der Waals surface area (Å²) in [6.45, 7) is -0.552. The summed E-state index contributed by atoms with van der Waals surface area (Å²) in [7, 11) is 1.51. The quantitative estimate of drug-likeness (QED) is 0.813. The molecular formula is C11H13FO3. The number of carboxylic acids is 1. The van der Waals surface area contributed by atoms with E-state index < -0.39 is 12.6 Å². The molecule has 82 valence electrons. The fourth-order valence-electron chi connectivity index (χ4n) is 1.35. The van der Waals surface area contributed by atoms with Crippen molar-refractivity contribution in [2.75, 3.05) is 7.11 Å². The molecule has 1 N–H and O–H groups in total. The second kappa shape index (κ2) is 5.34. The Bertz CT molecular complexity index is 350. The number of ether oxygens (including phenoxy) is 1. The summed E-state index contributed by atoms with van der Waals surface area (Å²) in [5.74, 6) is -0.267. The molecule has 0 heterocycles. The summed E-state index contributed by atoms with van der Waals surface area (Å²) in [5, 5.41) is 8.55. The highest BCUT2D eigenvalue weighted by atomic mass is 19.1. The first-order valence-corrected chi connectivity index (χ1v) is 4.61. The highest BCUT2D eigenvalue weighted by Gasteiger charge is 2.06. The van der Waals surface area contributed by atoms with Gasteiger partial charge in [0.25, 0.3) is 0 Å². The summed E-state index contributed by atoms with van der Waals surface area (Å²) in [5.41, 5.74) is 1.27. The van der Waals surface area contributed by atoms with Crippen LogP contribution in [-0.2, 0) is 17.9 Å². The van der Waals surface area contributed by atoms with Gasteiger partial charge < -0.3 is 9.84 Å². The van der Waals surface area contributed by atoms with Crippen LogP contribution in [0.2, 0.25) is 0 Å². The van der Waals surface area contributed by atoms with E-state index in [1.54, 1.807) is 18.2 Å². The molecule has 0 aliphatic heterocycles. The van der Waals surface area contributed by atoms with Crippen molar-refractivity contribution in [2.24, 2.45) is 0 Å². The van der Waals surface area contributed by atoms with Crippen molar-refractivity contribution in [2.45, 2.75) is 19.5 Å². The maximum absolute atomic E-state index is 12.4. The first-order valence-electron chi connectivity index (χ1n) is 4.61. The fourth-order valence-corrected chi connectivity index (χ4v) is 1.35. The zero-order valence-electron chi connectivity index (χ0n) is 8.50. The largest absolute Gasteiger partial charge is 0.496 e. The van der Waals surface area contributed by atoms with E-state index in [1.165, 1.54) is 7.11 Å². The predicted molar refractivity (Wildman–Crippen MR) is 53.8 cm³/mol. The van der Waals surface area contributed by atoms with Gasteiger partial charge in [0.2, 0.25) is 0 Å². The van der Waals surface area contributed by atoms with E-state index in [-0.39, 0.29) is 6.42 Å². The van der Waals surface area contributed by atoms with Gasteiger partial charge in [-0.3, -0.25) is 4.79 Å². The van der Waals surface area contributed by atoms with E-state index in [0.29, 0.717) is 17.7 Å². The molecular weight excluding hydrogens is 199 g/mol. The summed E-state index contributed by atoms with van der Waals surface area (Å²) >= 11 is 0. The van der Waals surface area contributed by atoms with Crippen molar-refractivity contribution in [3.63, 3.8) is 0 Å². The molecule has 0 spiro atoms. The highest BCUT2D eigenvalue weighted by molar-refractivity contribution is 5.67. The number of carbonyl (C=O) groups is 1. The topological polar surface area (TPSA) is 46.5 Å². The van der Waals surface area contributed by atoms with E-state index in [4.69, 9.17) is 9.84 Å². The number of aliphatic carboxylic acids is 1. The third-order valence-corrected chi connectivity index (χ3v) is 2.11. The number of alkyl halides is 1. The van der Waals surface area contributed by atoms with Crippen molar-refractivity contribution in [1.82, 2.24) is 0 Å². The lowest BCUT2D eigenvalue weighted by Crippen LogP contribution is -2.00. The summed E-state index contributed by atoms with van der Waals surface area (Å²) in [6.07, 6.45) is 0.373. The molecule has 3 nitrogen and oxygen atoms in total. The number of methoxy groups -OCH3 is 1. The Balaban J connectivity index is 2.85. The minimum Gasteiger partial charge on any atom is -0.496 e. The molecule has 1 aromatic carbocycles. The second-order valence-corrected chi connectivity index (χ2v) is 3.17. The minimum atomic E-state index is -0.872. The van der Waals surface area contributed by atoms with Crippen molar-refractivity contribution in [3.05, 3.63) is 29.3 Å². The zero-order valence-corrected chi connectivity index (χ0v) is 8.50. The van der Waals surface area contributed by atoms with Crippen LogP contribution in [0.25, 0.3) is 0 Å². The van der Waals surface area contributed by atoms with Gasteiger partial charge in [-0.05, 0) is 29.7 Å². The third kappa shape index (κ3) is 3.23. The van der Waals surface area contributed by atoms with Gasteiger partial charge in [-0.25, -0.2) is 4.39 Å². The molecule has 0 fully saturated rings. The fraction of sp³-hybridized carbons (Fsp3) is 0.364. The lowest BCUT2D eigenvalue weighted by molar-refractivity contribution is -0.136. The Morgan fingerprint density at radius 3 is 2.80 bits per heavy atom. The molecule has 0 bridgehead atoms. The minimum absolute atomic E-state index is 0.0199. The highest BCUT2D eigenvalue weighted by Crippen LogP contribution is 2.21. The first-order chi connectivity index (χ1) is 7.17. The molecule has 0 aliphatic rings.